The smallest absolute Gasteiger partial charge is 0.115 e. The SMILES string of the molecule is C=C(O)c1ccc(N=NN(CC)CC)cc1CCCCCCCCCCCC. The van der Waals surface area contributed by atoms with E-state index in [-0.39, 0.29) is 5.76 Å². The van der Waals surface area contributed by atoms with Gasteiger partial charge in [0.2, 0.25) is 0 Å². The van der Waals surface area contributed by atoms with Crippen LogP contribution in [0.15, 0.2) is 35.1 Å². The molecule has 0 aliphatic heterocycles. The molecule has 0 fully saturated rings. The summed E-state index contributed by atoms with van der Waals surface area (Å²) in [7, 11) is 0. The van der Waals surface area contributed by atoms with Gasteiger partial charge in [0, 0.05) is 18.7 Å². The Kier molecular flexibility index (Phi) is 13.1. The van der Waals surface area contributed by atoms with E-state index in [9.17, 15) is 5.11 Å². The van der Waals surface area contributed by atoms with E-state index in [1.807, 2.05) is 23.2 Å². The molecule has 158 valence electrons. The molecule has 1 aromatic rings. The van der Waals surface area contributed by atoms with Crippen molar-refractivity contribution in [3.05, 3.63) is 35.9 Å². The molecule has 0 aliphatic rings. The standard InChI is InChI=1S/C24H41N3O/c1-5-8-9-10-11-12-13-14-15-16-17-22-20-23(18-19-24(22)21(4)28)25-26-27(6-2)7-3/h18-20,28H,4-17H2,1-3H3. The van der Waals surface area contributed by atoms with Gasteiger partial charge in [-0.05, 0) is 50.5 Å². The summed E-state index contributed by atoms with van der Waals surface area (Å²) in [6, 6.07) is 5.84. The molecule has 4 heteroatoms. The van der Waals surface area contributed by atoms with E-state index in [1.165, 1.54) is 57.8 Å². The lowest BCUT2D eigenvalue weighted by molar-refractivity contribution is 0.300. The molecule has 0 aliphatic carbocycles. The van der Waals surface area contributed by atoms with Gasteiger partial charge in [-0.25, -0.2) is 0 Å². The van der Waals surface area contributed by atoms with Crippen molar-refractivity contribution in [1.29, 1.82) is 0 Å². The maximum atomic E-state index is 9.89. The van der Waals surface area contributed by atoms with Gasteiger partial charge in [-0.1, -0.05) is 76.5 Å². The van der Waals surface area contributed by atoms with Crippen LogP contribution >= 0.6 is 0 Å². The molecule has 0 unspecified atom stereocenters. The number of nitrogens with zero attached hydrogens (tertiary/aromatic N) is 3. The van der Waals surface area contributed by atoms with Crippen LogP contribution in [0.3, 0.4) is 0 Å². The molecule has 0 radical (unpaired) electrons. The second-order valence-corrected chi connectivity index (χ2v) is 7.55. The Bertz CT molecular complexity index is 579. The predicted octanol–water partition coefficient (Wildman–Crippen LogP) is 8.02. The van der Waals surface area contributed by atoms with Crippen molar-refractivity contribution in [2.24, 2.45) is 10.3 Å². The largest absolute Gasteiger partial charge is 0.508 e. The molecule has 0 bridgehead atoms. The number of hydrogen-bond acceptors (Lipinski definition) is 3. The Morgan fingerprint density at radius 1 is 0.893 bits per heavy atom. The zero-order valence-electron chi connectivity index (χ0n) is 18.4. The summed E-state index contributed by atoms with van der Waals surface area (Å²) in [6.07, 6.45) is 14.2. The molecule has 0 spiro atoms. The number of aliphatic hydroxyl groups excluding tert-OH is 1. The first-order valence-electron chi connectivity index (χ1n) is 11.3. The molecule has 28 heavy (non-hydrogen) atoms. The first-order valence-corrected chi connectivity index (χ1v) is 11.3. The first-order chi connectivity index (χ1) is 13.6. The first kappa shape index (κ1) is 24.2. The van der Waals surface area contributed by atoms with Crippen molar-refractivity contribution in [1.82, 2.24) is 5.01 Å². The van der Waals surface area contributed by atoms with Gasteiger partial charge >= 0.3 is 0 Å². The topological polar surface area (TPSA) is 48.2 Å². The fourth-order valence-corrected chi connectivity index (χ4v) is 3.40. The van der Waals surface area contributed by atoms with Crippen LogP contribution in [0.1, 0.15) is 96.1 Å². The zero-order chi connectivity index (χ0) is 20.6. The monoisotopic (exact) mass is 387 g/mol. The summed E-state index contributed by atoms with van der Waals surface area (Å²) in [6.45, 7) is 11.8. The van der Waals surface area contributed by atoms with Crippen LogP contribution in [0.2, 0.25) is 0 Å². The minimum atomic E-state index is 0.134. The van der Waals surface area contributed by atoms with E-state index < -0.39 is 0 Å². The molecule has 1 N–H and O–H groups in total. The van der Waals surface area contributed by atoms with Crippen LogP contribution in [-0.4, -0.2) is 23.2 Å². The maximum absolute atomic E-state index is 9.89. The molecular weight excluding hydrogens is 346 g/mol. The van der Waals surface area contributed by atoms with E-state index >= 15 is 0 Å². The van der Waals surface area contributed by atoms with Crippen molar-refractivity contribution in [3.63, 3.8) is 0 Å². The minimum absolute atomic E-state index is 0.134. The lowest BCUT2D eigenvalue weighted by Crippen LogP contribution is -2.14. The summed E-state index contributed by atoms with van der Waals surface area (Å²) >= 11 is 0. The molecule has 0 heterocycles. The van der Waals surface area contributed by atoms with Crippen molar-refractivity contribution in [2.75, 3.05) is 13.1 Å². The Morgan fingerprint density at radius 2 is 1.46 bits per heavy atom. The van der Waals surface area contributed by atoms with Crippen LogP contribution in [0.4, 0.5) is 5.69 Å². The van der Waals surface area contributed by atoms with Crippen molar-refractivity contribution in [2.45, 2.75) is 91.4 Å². The highest BCUT2D eigenvalue weighted by Crippen LogP contribution is 2.25. The number of benzene rings is 1. The minimum Gasteiger partial charge on any atom is -0.508 e. The van der Waals surface area contributed by atoms with E-state index in [4.69, 9.17) is 0 Å². The van der Waals surface area contributed by atoms with Crippen molar-refractivity contribution < 1.29 is 5.11 Å². The van der Waals surface area contributed by atoms with Crippen LogP contribution in [0.5, 0.6) is 0 Å². The Balaban J connectivity index is 2.45. The third-order valence-electron chi connectivity index (χ3n) is 5.22. The summed E-state index contributed by atoms with van der Waals surface area (Å²) < 4.78 is 0. The van der Waals surface area contributed by atoms with E-state index in [0.717, 1.165) is 42.7 Å². The summed E-state index contributed by atoms with van der Waals surface area (Å²) in [5, 5.41) is 20.4. The second kappa shape index (κ2) is 15.1. The van der Waals surface area contributed by atoms with Gasteiger partial charge in [0.15, 0.2) is 0 Å². The normalized spacial score (nSPS) is 11.2. The van der Waals surface area contributed by atoms with E-state index in [2.05, 4.69) is 37.7 Å². The van der Waals surface area contributed by atoms with Crippen LogP contribution in [0, 0.1) is 0 Å². The van der Waals surface area contributed by atoms with Gasteiger partial charge in [0.1, 0.15) is 5.76 Å². The molecule has 0 saturated carbocycles. The fraction of sp³-hybridized carbons (Fsp3) is 0.667. The number of unbranched alkanes of at least 4 members (excludes halogenated alkanes) is 9. The average molecular weight is 388 g/mol. The van der Waals surface area contributed by atoms with Gasteiger partial charge in [-0.15, -0.1) is 5.11 Å². The highest BCUT2D eigenvalue weighted by Gasteiger charge is 2.07. The Hall–Kier alpha value is -1.84. The second-order valence-electron chi connectivity index (χ2n) is 7.55. The lowest BCUT2D eigenvalue weighted by Gasteiger charge is -2.12. The summed E-state index contributed by atoms with van der Waals surface area (Å²) in [5.41, 5.74) is 2.78. The fourth-order valence-electron chi connectivity index (χ4n) is 3.40. The lowest BCUT2D eigenvalue weighted by atomic mass is 9.98. The zero-order valence-corrected chi connectivity index (χ0v) is 18.4. The maximum Gasteiger partial charge on any atom is 0.115 e. The Morgan fingerprint density at radius 3 is 2.00 bits per heavy atom. The molecule has 0 saturated heterocycles. The van der Waals surface area contributed by atoms with Crippen molar-refractivity contribution >= 4 is 11.4 Å². The van der Waals surface area contributed by atoms with Gasteiger partial charge in [0.25, 0.3) is 0 Å². The molecule has 0 aromatic heterocycles. The number of aliphatic hydroxyl groups is 1. The Labute approximate surface area is 172 Å². The summed E-state index contributed by atoms with van der Waals surface area (Å²) in [5.74, 6) is 0.134. The highest BCUT2D eigenvalue weighted by atomic mass is 16.3. The van der Waals surface area contributed by atoms with Crippen LogP contribution < -0.4 is 0 Å². The highest BCUT2D eigenvalue weighted by molar-refractivity contribution is 5.62. The third-order valence-corrected chi connectivity index (χ3v) is 5.22. The molecule has 0 amide bonds. The summed E-state index contributed by atoms with van der Waals surface area (Å²) in [4.78, 5) is 0. The van der Waals surface area contributed by atoms with Crippen LogP contribution in [-0.2, 0) is 6.42 Å². The predicted molar refractivity (Wildman–Crippen MR) is 121 cm³/mol. The van der Waals surface area contributed by atoms with E-state index in [0.29, 0.717) is 0 Å². The number of hydrogen-bond donors (Lipinski definition) is 1. The van der Waals surface area contributed by atoms with Crippen LogP contribution in [0.25, 0.3) is 5.76 Å². The van der Waals surface area contributed by atoms with Gasteiger partial charge < -0.3 is 5.11 Å². The number of aryl methyl sites for hydroxylation is 1. The molecular formula is C24H41N3O. The average Bonchev–Trinajstić information content (AvgIpc) is 2.70. The molecule has 4 nitrogen and oxygen atoms in total. The molecule has 0 atom stereocenters. The third kappa shape index (κ3) is 9.91. The van der Waals surface area contributed by atoms with Gasteiger partial charge in [0.05, 0.1) is 5.69 Å². The van der Waals surface area contributed by atoms with Gasteiger partial charge in [-0.2, -0.15) is 0 Å². The quantitative estimate of drug-likeness (QED) is 0.135. The molecule has 1 aromatic carbocycles. The van der Waals surface area contributed by atoms with Gasteiger partial charge in [-0.3, -0.25) is 5.01 Å². The van der Waals surface area contributed by atoms with Crippen molar-refractivity contribution in [3.8, 4) is 0 Å². The van der Waals surface area contributed by atoms with E-state index in [1.54, 1.807) is 0 Å². The number of rotatable bonds is 16. The molecule has 1 rings (SSSR count).